The van der Waals surface area contributed by atoms with E-state index < -0.39 is 0 Å². The molecule has 4 nitrogen and oxygen atoms in total. The first-order chi connectivity index (χ1) is 8.16. The molecule has 100 valence electrons. The molecule has 0 spiro atoms. The number of nitrogens with one attached hydrogen (secondary N) is 2. The number of hydrogen-bond donors (Lipinski definition) is 3. The molecule has 0 aliphatic carbocycles. The van der Waals surface area contributed by atoms with Crippen LogP contribution in [0.5, 0.6) is 0 Å². The van der Waals surface area contributed by atoms with Gasteiger partial charge in [0.2, 0.25) is 0 Å². The summed E-state index contributed by atoms with van der Waals surface area (Å²) in [5, 5.41) is 16.6. The Morgan fingerprint density at radius 2 is 1.94 bits per heavy atom. The molecule has 3 N–H and O–H groups in total. The molecule has 2 saturated heterocycles. The number of hydrogen-bond acceptors (Lipinski definition) is 4. The van der Waals surface area contributed by atoms with E-state index in [4.69, 9.17) is 0 Å². The fourth-order valence-electron chi connectivity index (χ4n) is 2.86. The molecule has 0 aromatic rings. The highest BCUT2D eigenvalue weighted by molar-refractivity contribution is 4.88. The molecule has 0 amide bonds. The van der Waals surface area contributed by atoms with Crippen LogP contribution in [0, 0.1) is 5.92 Å². The van der Waals surface area contributed by atoms with Crippen LogP contribution < -0.4 is 10.6 Å². The molecular formula is C13H27N3O. The molecule has 4 heteroatoms. The predicted octanol–water partition coefficient (Wildman–Crippen LogP) is 0.377. The Bertz CT molecular complexity index is 229. The summed E-state index contributed by atoms with van der Waals surface area (Å²) in [7, 11) is 0. The van der Waals surface area contributed by atoms with Crippen molar-refractivity contribution in [2.24, 2.45) is 5.92 Å². The molecule has 0 bridgehead atoms. The summed E-state index contributed by atoms with van der Waals surface area (Å²) in [5.41, 5.74) is 0. The van der Waals surface area contributed by atoms with E-state index in [0.717, 1.165) is 25.7 Å². The Labute approximate surface area is 105 Å². The molecular weight excluding hydrogens is 214 g/mol. The number of rotatable bonds is 4. The van der Waals surface area contributed by atoms with Crippen molar-refractivity contribution in [1.29, 1.82) is 0 Å². The van der Waals surface area contributed by atoms with Crippen LogP contribution in [0.1, 0.15) is 33.1 Å². The minimum Gasteiger partial charge on any atom is -0.378 e. The first-order valence-electron chi connectivity index (χ1n) is 7.05. The van der Waals surface area contributed by atoms with Gasteiger partial charge in [-0.05, 0) is 38.3 Å². The predicted molar refractivity (Wildman–Crippen MR) is 69.9 cm³/mol. The van der Waals surface area contributed by atoms with Crippen LogP contribution in [-0.2, 0) is 0 Å². The minimum absolute atomic E-state index is 0.294. The monoisotopic (exact) mass is 241 g/mol. The van der Waals surface area contributed by atoms with Crippen LogP contribution in [-0.4, -0.2) is 54.5 Å². The molecule has 0 radical (unpaired) electrons. The van der Waals surface area contributed by atoms with Crippen LogP contribution in [0.3, 0.4) is 0 Å². The lowest BCUT2D eigenvalue weighted by Gasteiger charge is -2.31. The van der Waals surface area contributed by atoms with Crippen LogP contribution in [0.2, 0.25) is 0 Å². The van der Waals surface area contributed by atoms with Crippen molar-refractivity contribution in [2.75, 3.05) is 26.2 Å². The first-order valence-corrected chi connectivity index (χ1v) is 7.05. The summed E-state index contributed by atoms with van der Waals surface area (Å²) < 4.78 is 0. The van der Waals surface area contributed by atoms with Crippen molar-refractivity contribution in [3.8, 4) is 0 Å². The molecule has 2 heterocycles. The third-order valence-corrected chi connectivity index (χ3v) is 4.08. The lowest BCUT2D eigenvalue weighted by atomic mass is 10.1. The highest BCUT2D eigenvalue weighted by Gasteiger charge is 2.30. The number of nitrogens with zero attached hydrogens (tertiary/aromatic N) is 1. The number of aliphatic hydroxyl groups excluding tert-OH is 1. The molecule has 17 heavy (non-hydrogen) atoms. The van der Waals surface area contributed by atoms with Gasteiger partial charge in [-0.15, -0.1) is 0 Å². The van der Waals surface area contributed by atoms with Crippen LogP contribution >= 0.6 is 0 Å². The average Bonchev–Trinajstić information content (AvgIpc) is 2.78. The average molecular weight is 241 g/mol. The summed E-state index contributed by atoms with van der Waals surface area (Å²) in [5.74, 6) is 0.294. The fraction of sp³-hybridized carbons (Fsp3) is 1.00. The summed E-state index contributed by atoms with van der Waals surface area (Å²) in [6.45, 7) is 8.72. The van der Waals surface area contributed by atoms with Gasteiger partial charge in [-0.1, -0.05) is 13.8 Å². The van der Waals surface area contributed by atoms with E-state index in [9.17, 15) is 5.11 Å². The van der Waals surface area contributed by atoms with Crippen molar-refractivity contribution in [3.05, 3.63) is 0 Å². The molecule has 2 rings (SSSR count). The highest BCUT2D eigenvalue weighted by Crippen LogP contribution is 2.19. The standard InChI is InChI=1S/C13H27N3O/c1-10(2)13(17)15-11-5-8-16(9-11)12-3-6-14-7-4-12/h10-15,17H,3-9H2,1-2H3/t11-,13?/m0/s1. The summed E-state index contributed by atoms with van der Waals surface area (Å²) >= 11 is 0. The molecule has 0 saturated carbocycles. The Hall–Kier alpha value is -0.160. The van der Waals surface area contributed by atoms with Gasteiger partial charge in [0.15, 0.2) is 0 Å². The smallest absolute Gasteiger partial charge is 0.107 e. The number of aliphatic hydroxyl groups is 1. The van der Waals surface area contributed by atoms with Gasteiger partial charge in [0, 0.05) is 25.2 Å². The number of piperidine rings is 1. The third-order valence-electron chi connectivity index (χ3n) is 4.08. The lowest BCUT2D eigenvalue weighted by molar-refractivity contribution is 0.0767. The van der Waals surface area contributed by atoms with E-state index in [1.54, 1.807) is 0 Å². The second-order valence-corrected chi connectivity index (χ2v) is 5.82. The topological polar surface area (TPSA) is 47.5 Å². The zero-order valence-electron chi connectivity index (χ0n) is 11.2. The van der Waals surface area contributed by atoms with Crippen molar-refractivity contribution in [2.45, 2.75) is 51.4 Å². The van der Waals surface area contributed by atoms with Gasteiger partial charge in [0.05, 0.1) is 0 Å². The Morgan fingerprint density at radius 3 is 2.59 bits per heavy atom. The van der Waals surface area contributed by atoms with Gasteiger partial charge < -0.3 is 10.4 Å². The van der Waals surface area contributed by atoms with Gasteiger partial charge in [-0.2, -0.15) is 0 Å². The molecule has 2 aliphatic rings. The second-order valence-electron chi connectivity index (χ2n) is 5.82. The third kappa shape index (κ3) is 3.65. The molecule has 2 aliphatic heterocycles. The highest BCUT2D eigenvalue weighted by atomic mass is 16.3. The molecule has 1 unspecified atom stereocenters. The maximum Gasteiger partial charge on any atom is 0.107 e. The van der Waals surface area contributed by atoms with E-state index in [0.29, 0.717) is 12.0 Å². The zero-order chi connectivity index (χ0) is 12.3. The van der Waals surface area contributed by atoms with Crippen LogP contribution in [0.25, 0.3) is 0 Å². The van der Waals surface area contributed by atoms with Gasteiger partial charge in [0.1, 0.15) is 6.23 Å². The maximum atomic E-state index is 9.84. The molecule has 2 atom stereocenters. The van der Waals surface area contributed by atoms with E-state index in [1.165, 1.54) is 25.8 Å². The van der Waals surface area contributed by atoms with Crippen molar-refractivity contribution >= 4 is 0 Å². The van der Waals surface area contributed by atoms with Crippen LogP contribution in [0.4, 0.5) is 0 Å². The van der Waals surface area contributed by atoms with Crippen molar-refractivity contribution in [3.63, 3.8) is 0 Å². The minimum atomic E-state index is -0.354. The quantitative estimate of drug-likeness (QED) is 0.623. The van der Waals surface area contributed by atoms with Crippen molar-refractivity contribution in [1.82, 2.24) is 15.5 Å². The lowest BCUT2D eigenvalue weighted by Crippen LogP contribution is -2.46. The molecule has 2 fully saturated rings. The Kier molecular flexibility index (Phi) is 4.79. The molecule has 0 aromatic heterocycles. The van der Waals surface area contributed by atoms with Gasteiger partial charge in [0.25, 0.3) is 0 Å². The maximum absolute atomic E-state index is 9.84. The Morgan fingerprint density at radius 1 is 1.24 bits per heavy atom. The van der Waals surface area contributed by atoms with Crippen LogP contribution in [0.15, 0.2) is 0 Å². The van der Waals surface area contributed by atoms with E-state index in [2.05, 4.69) is 29.4 Å². The fourth-order valence-corrected chi connectivity index (χ4v) is 2.86. The second kappa shape index (κ2) is 6.14. The van der Waals surface area contributed by atoms with Crippen molar-refractivity contribution < 1.29 is 5.11 Å². The number of likely N-dealkylation sites (tertiary alicyclic amines) is 1. The largest absolute Gasteiger partial charge is 0.378 e. The summed E-state index contributed by atoms with van der Waals surface area (Å²) in [6, 6.07) is 1.24. The van der Waals surface area contributed by atoms with Gasteiger partial charge >= 0.3 is 0 Å². The normalized spacial score (nSPS) is 30.0. The van der Waals surface area contributed by atoms with Gasteiger partial charge in [-0.25, -0.2) is 0 Å². The van der Waals surface area contributed by atoms with E-state index in [1.807, 2.05) is 0 Å². The summed E-state index contributed by atoms with van der Waals surface area (Å²) in [6.07, 6.45) is 3.38. The summed E-state index contributed by atoms with van der Waals surface area (Å²) in [4.78, 5) is 2.60. The Balaban J connectivity index is 1.74. The SMILES string of the molecule is CC(C)C(O)N[C@H]1CCN(C2CCNCC2)C1. The zero-order valence-corrected chi connectivity index (χ0v) is 11.2. The molecule has 0 aromatic carbocycles. The van der Waals surface area contributed by atoms with E-state index >= 15 is 0 Å². The van der Waals surface area contributed by atoms with Gasteiger partial charge in [-0.3, -0.25) is 10.2 Å². The van der Waals surface area contributed by atoms with E-state index in [-0.39, 0.29) is 6.23 Å². The first kappa shape index (κ1) is 13.3.